The molecule has 0 aromatic heterocycles. The summed E-state index contributed by atoms with van der Waals surface area (Å²) in [6.07, 6.45) is 4.78. The fourth-order valence-electron chi connectivity index (χ4n) is 1.56. The average Bonchev–Trinajstić information content (AvgIpc) is 2.35. The van der Waals surface area contributed by atoms with Crippen LogP contribution in [-0.2, 0) is 18.8 Å². The van der Waals surface area contributed by atoms with Crippen LogP contribution in [0.3, 0.4) is 0 Å². The predicted octanol–water partition coefficient (Wildman–Crippen LogP) is 2.54. The summed E-state index contributed by atoms with van der Waals surface area (Å²) in [6, 6.07) is 0. The summed E-state index contributed by atoms with van der Waals surface area (Å²) < 4.78 is 25.1. The highest BCUT2D eigenvalue weighted by Crippen LogP contribution is 2.22. The lowest BCUT2D eigenvalue weighted by Gasteiger charge is -2.22. The van der Waals surface area contributed by atoms with Crippen molar-refractivity contribution in [1.29, 1.82) is 0 Å². The lowest BCUT2D eigenvalue weighted by molar-refractivity contribution is -0.160. The summed E-state index contributed by atoms with van der Waals surface area (Å²) >= 11 is 1.27. The third-order valence-electron chi connectivity index (χ3n) is 2.31. The summed E-state index contributed by atoms with van der Waals surface area (Å²) in [6.45, 7) is 0. The molecule has 0 amide bonds. The fourth-order valence-corrected chi connectivity index (χ4v) is 2.38. The molecule has 1 aliphatic carbocycles. The smallest absolute Gasteiger partial charge is 0.353 e. The van der Waals surface area contributed by atoms with E-state index >= 15 is 0 Å². The van der Waals surface area contributed by atoms with Gasteiger partial charge in [0.2, 0.25) is 0 Å². The first-order valence-electron chi connectivity index (χ1n) is 5.35. The number of ether oxygens (including phenoxy) is 1. The normalized spacial score (nSPS) is 18.9. The van der Waals surface area contributed by atoms with Crippen molar-refractivity contribution in [1.82, 2.24) is 4.13 Å². The average molecular weight is 285 g/mol. The lowest BCUT2D eigenvalue weighted by atomic mass is 9.98. The molecule has 1 aliphatic rings. The van der Waals surface area contributed by atoms with Crippen molar-refractivity contribution in [2.24, 2.45) is 0 Å². The molecule has 1 fully saturated rings. The first-order chi connectivity index (χ1) is 8.24. The van der Waals surface area contributed by atoms with Gasteiger partial charge in [0.1, 0.15) is 18.3 Å². The monoisotopic (exact) mass is 285 g/mol. The Bertz CT molecular complexity index is 229. The first-order valence-corrected chi connectivity index (χ1v) is 6.97. The van der Waals surface area contributed by atoms with E-state index in [2.05, 4.69) is 13.3 Å². The maximum atomic E-state index is 13.3. The van der Waals surface area contributed by atoms with Crippen molar-refractivity contribution in [3.05, 3.63) is 0 Å². The molecule has 1 unspecified atom stereocenters. The molecule has 0 bridgehead atoms. The minimum atomic E-state index is -1.76. The Morgan fingerprint density at radius 3 is 2.76 bits per heavy atom. The topological polar surface area (TPSA) is 56.8 Å². The highest BCUT2D eigenvalue weighted by atomic mass is 32.2. The Labute approximate surface area is 109 Å². The second-order valence-electron chi connectivity index (χ2n) is 3.53. The number of alkyl halides is 1. The maximum absolute atomic E-state index is 13.3. The van der Waals surface area contributed by atoms with Crippen molar-refractivity contribution < 1.29 is 23.1 Å². The zero-order valence-corrected chi connectivity index (χ0v) is 11.2. The van der Waals surface area contributed by atoms with Crippen molar-refractivity contribution in [3.63, 3.8) is 0 Å². The molecule has 0 saturated heterocycles. The van der Waals surface area contributed by atoms with Crippen LogP contribution in [0.5, 0.6) is 0 Å². The van der Waals surface area contributed by atoms with E-state index in [1.54, 1.807) is 0 Å². The zero-order valence-electron chi connectivity index (χ0n) is 9.52. The molecule has 0 aliphatic heterocycles. The zero-order chi connectivity index (χ0) is 12.5. The van der Waals surface area contributed by atoms with Crippen LogP contribution in [0.2, 0.25) is 0 Å². The van der Waals surface area contributed by atoms with Gasteiger partial charge in [0.15, 0.2) is 0 Å². The summed E-state index contributed by atoms with van der Waals surface area (Å²) in [7, 11) is 1.32. The second kappa shape index (κ2) is 8.98. The predicted molar refractivity (Wildman–Crippen MR) is 64.3 cm³/mol. The quantitative estimate of drug-likeness (QED) is 0.193. The van der Waals surface area contributed by atoms with Gasteiger partial charge in [-0.3, -0.25) is 0 Å². The van der Waals surface area contributed by atoms with Crippen molar-refractivity contribution in [3.8, 4) is 0 Å². The van der Waals surface area contributed by atoms with E-state index in [4.69, 9.17) is 4.74 Å². The molecular weight excluding hydrogens is 269 g/mol. The molecule has 0 heterocycles. The molecule has 0 aromatic carbocycles. The van der Waals surface area contributed by atoms with Crippen LogP contribution in [-0.4, -0.2) is 24.7 Å². The molecule has 1 saturated carbocycles. The van der Waals surface area contributed by atoms with Gasteiger partial charge in [-0.1, -0.05) is 6.42 Å². The Morgan fingerprint density at radius 1 is 1.41 bits per heavy atom. The summed E-state index contributed by atoms with van der Waals surface area (Å²) in [5, 5.41) is 0. The van der Waals surface area contributed by atoms with Crippen LogP contribution >= 0.6 is 24.2 Å². The Kier molecular flexibility index (Phi) is 7.95. The van der Waals surface area contributed by atoms with Gasteiger partial charge in [-0.15, -0.1) is 4.33 Å². The van der Waals surface area contributed by atoms with Crippen LogP contribution in [0.25, 0.3) is 0 Å². The third kappa shape index (κ3) is 6.46. The van der Waals surface area contributed by atoms with Crippen LogP contribution in [0.15, 0.2) is 0 Å². The van der Waals surface area contributed by atoms with Crippen molar-refractivity contribution in [2.45, 2.75) is 43.7 Å². The van der Waals surface area contributed by atoms with Gasteiger partial charge >= 0.3 is 5.97 Å². The summed E-state index contributed by atoms with van der Waals surface area (Å²) in [5.41, 5.74) is -1.76. The van der Waals surface area contributed by atoms with Gasteiger partial charge in [0, 0.05) is 0 Å². The van der Waals surface area contributed by atoms with E-state index in [1.165, 1.54) is 7.11 Å². The molecule has 17 heavy (non-hydrogen) atoms. The van der Waals surface area contributed by atoms with Gasteiger partial charge < -0.3 is 4.74 Å². The van der Waals surface area contributed by atoms with Crippen LogP contribution in [0, 0.1) is 0 Å². The van der Waals surface area contributed by atoms with Gasteiger partial charge in [0.05, 0.1) is 7.11 Å². The van der Waals surface area contributed by atoms with E-state index in [9.17, 15) is 9.18 Å². The summed E-state index contributed by atoms with van der Waals surface area (Å²) in [4.78, 5) is 15.6. The number of hydrogen-bond donors (Lipinski definition) is 1. The minimum Gasteiger partial charge on any atom is -0.460 e. The van der Waals surface area contributed by atoms with Crippen LogP contribution in [0.4, 0.5) is 4.39 Å². The number of nitrogens with one attached hydrogen (secondary N) is 1. The number of carbonyl (C=O) groups is 1. The van der Waals surface area contributed by atoms with Crippen LogP contribution in [0.1, 0.15) is 32.1 Å². The van der Waals surface area contributed by atoms with Gasteiger partial charge in [-0.25, -0.2) is 14.1 Å². The minimum absolute atomic E-state index is 0.127. The van der Waals surface area contributed by atoms with Crippen molar-refractivity contribution >= 4 is 30.1 Å². The molecule has 5 nitrogen and oxygen atoms in total. The van der Waals surface area contributed by atoms with Gasteiger partial charge in [0.25, 0.3) is 5.50 Å². The van der Waals surface area contributed by atoms with E-state index in [0.29, 0.717) is 24.2 Å². The number of hydrogen-bond acceptors (Lipinski definition) is 7. The Morgan fingerprint density at radius 2 is 2.12 bits per heavy atom. The fraction of sp³-hybridized carbons (Fsp3) is 0.889. The molecule has 1 rings (SSSR count). The first kappa shape index (κ1) is 15.0. The second-order valence-corrected chi connectivity index (χ2v) is 5.15. The lowest BCUT2D eigenvalue weighted by Crippen LogP contribution is -2.26. The van der Waals surface area contributed by atoms with E-state index in [-0.39, 0.29) is 6.10 Å². The highest BCUT2D eigenvalue weighted by Gasteiger charge is 2.25. The summed E-state index contributed by atoms with van der Waals surface area (Å²) in [5.74, 6) is -0.840. The Hall–Kier alpha value is -0.0200. The largest absolute Gasteiger partial charge is 0.460 e. The maximum Gasteiger partial charge on any atom is 0.353 e. The van der Waals surface area contributed by atoms with Gasteiger partial charge in [-0.2, -0.15) is 4.13 Å². The molecule has 0 spiro atoms. The molecule has 1 N–H and O–H groups in total. The number of halogens is 1. The van der Waals surface area contributed by atoms with E-state index in [0.717, 1.165) is 32.1 Å². The molecule has 1 atom stereocenters. The SMILES string of the molecule is COOSNSC(F)C(=O)OC1CCCCC1. The van der Waals surface area contributed by atoms with Crippen molar-refractivity contribution in [2.75, 3.05) is 7.11 Å². The number of carbonyl (C=O) groups excluding carboxylic acids is 1. The van der Waals surface area contributed by atoms with E-state index < -0.39 is 11.5 Å². The highest BCUT2D eigenvalue weighted by molar-refractivity contribution is 8.11. The molecule has 0 aromatic rings. The molecule has 0 radical (unpaired) electrons. The molecule has 100 valence electrons. The standard InChI is InChI=1S/C9H16FNO4S2/c1-13-15-17-11-16-8(10)9(12)14-7-5-3-2-4-6-7/h7-8,11H,2-6H2,1H3. The number of esters is 1. The molecular formula is C9H16FNO4S2. The van der Waals surface area contributed by atoms with Crippen LogP contribution < -0.4 is 4.13 Å². The molecule has 8 heteroatoms. The van der Waals surface area contributed by atoms with Gasteiger partial charge in [-0.05, 0) is 37.6 Å². The number of rotatable bonds is 7. The third-order valence-corrected chi connectivity index (χ3v) is 3.57. The Balaban J connectivity index is 2.12. The van der Waals surface area contributed by atoms with E-state index in [1.807, 2.05) is 0 Å².